The Kier molecular flexibility index (Phi) is 3.27. The highest BCUT2D eigenvalue weighted by atomic mass is 32.1. The number of amides is 1. The molecular weight excluding hydrogens is 280 g/mol. The summed E-state index contributed by atoms with van der Waals surface area (Å²) in [7, 11) is 0. The molecule has 1 aliphatic carbocycles. The SMILES string of the molecule is O=C(O)CN(C(=O)c1cnc(-c2ccco2)s1)C1CC1. The molecule has 2 aromatic rings. The molecule has 0 bridgehead atoms. The maximum Gasteiger partial charge on any atom is 0.323 e. The quantitative estimate of drug-likeness (QED) is 0.912. The van der Waals surface area contributed by atoms with E-state index in [1.54, 1.807) is 18.4 Å². The number of rotatable bonds is 5. The van der Waals surface area contributed by atoms with E-state index in [9.17, 15) is 9.59 Å². The van der Waals surface area contributed by atoms with Crippen LogP contribution < -0.4 is 0 Å². The van der Waals surface area contributed by atoms with Crippen LogP contribution in [0.1, 0.15) is 22.5 Å². The summed E-state index contributed by atoms with van der Waals surface area (Å²) in [4.78, 5) is 29.2. The van der Waals surface area contributed by atoms with Crippen LogP contribution in [0, 0.1) is 0 Å². The Morgan fingerprint density at radius 1 is 1.50 bits per heavy atom. The molecule has 104 valence electrons. The van der Waals surface area contributed by atoms with E-state index in [4.69, 9.17) is 9.52 Å². The zero-order valence-electron chi connectivity index (χ0n) is 10.5. The first kappa shape index (κ1) is 12.9. The predicted molar refractivity (Wildman–Crippen MR) is 71.5 cm³/mol. The van der Waals surface area contributed by atoms with Crippen molar-refractivity contribution in [3.8, 4) is 10.8 Å². The number of aromatic nitrogens is 1. The van der Waals surface area contributed by atoms with Crippen LogP contribution in [0.4, 0.5) is 0 Å². The zero-order valence-corrected chi connectivity index (χ0v) is 11.3. The number of thiazole rings is 1. The van der Waals surface area contributed by atoms with Crippen molar-refractivity contribution in [1.82, 2.24) is 9.88 Å². The second kappa shape index (κ2) is 5.09. The molecule has 0 unspecified atom stereocenters. The minimum absolute atomic E-state index is 0.0489. The number of carboxylic acid groups (broad SMARTS) is 1. The first-order valence-corrected chi connectivity index (χ1v) is 6.99. The molecule has 1 fully saturated rings. The zero-order chi connectivity index (χ0) is 14.1. The molecule has 0 saturated heterocycles. The van der Waals surface area contributed by atoms with E-state index in [0.717, 1.165) is 12.8 Å². The first-order chi connectivity index (χ1) is 9.65. The number of nitrogens with zero attached hydrogens (tertiary/aromatic N) is 2. The highest BCUT2D eigenvalue weighted by Crippen LogP contribution is 2.31. The van der Waals surface area contributed by atoms with Crippen LogP contribution in [-0.4, -0.2) is 39.5 Å². The summed E-state index contributed by atoms with van der Waals surface area (Å²) in [6.45, 7) is -0.266. The number of carbonyl (C=O) groups is 2. The van der Waals surface area contributed by atoms with E-state index in [1.165, 1.54) is 22.4 Å². The summed E-state index contributed by atoms with van der Waals surface area (Å²) in [6, 6.07) is 3.56. The number of hydrogen-bond acceptors (Lipinski definition) is 5. The number of furan rings is 1. The Hall–Kier alpha value is -2.15. The topological polar surface area (TPSA) is 83.6 Å². The number of carboxylic acids is 1. The standard InChI is InChI=1S/C13H12N2O4S/c16-11(17)7-15(8-3-4-8)13(18)10-6-14-12(20-10)9-2-1-5-19-9/h1-2,5-6,8H,3-4,7H2,(H,16,17). The van der Waals surface area contributed by atoms with E-state index >= 15 is 0 Å². The minimum atomic E-state index is -0.999. The largest absolute Gasteiger partial charge is 0.480 e. The van der Waals surface area contributed by atoms with Gasteiger partial charge in [-0.25, -0.2) is 4.98 Å². The molecule has 2 aromatic heterocycles. The molecule has 7 heteroatoms. The fraction of sp³-hybridized carbons (Fsp3) is 0.308. The molecule has 2 heterocycles. The Labute approximate surface area is 118 Å². The van der Waals surface area contributed by atoms with E-state index in [-0.39, 0.29) is 18.5 Å². The second-order valence-electron chi connectivity index (χ2n) is 4.56. The van der Waals surface area contributed by atoms with Gasteiger partial charge in [0, 0.05) is 6.04 Å². The van der Waals surface area contributed by atoms with Gasteiger partial charge in [0.1, 0.15) is 11.4 Å². The van der Waals surface area contributed by atoms with Gasteiger partial charge >= 0.3 is 5.97 Å². The summed E-state index contributed by atoms with van der Waals surface area (Å²) in [5, 5.41) is 9.51. The maximum atomic E-state index is 12.3. The lowest BCUT2D eigenvalue weighted by Crippen LogP contribution is -2.37. The monoisotopic (exact) mass is 292 g/mol. The van der Waals surface area contributed by atoms with Crippen LogP contribution in [-0.2, 0) is 4.79 Å². The van der Waals surface area contributed by atoms with Crippen LogP contribution in [0.25, 0.3) is 10.8 Å². The molecule has 3 rings (SSSR count). The molecule has 0 radical (unpaired) electrons. The van der Waals surface area contributed by atoms with Gasteiger partial charge in [0.2, 0.25) is 0 Å². The molecule has 1 N–H and O–H groups in total. The molecule has 0 aliphatic heterocycles. The van der Waals surface area contributed by atoms with Gasteiger partial charge in [-0.1, -0.05) is 0 Å². The van der Waals surface area contributed by atoms with Crippen molar-refractivity contribution in [3.63, 3.8) is 0 Å². The number of hydrogen-bond donors (Lipinski definition) is 1. The van der Waals surface area contributed by atoms with Gasteiger partial charge in [-0.05, 0) is 25.0 Å². The van der Waals surface area contributed by atoms with Gasteiger partial charge in [0.25, 0.3) is 5.91 Å². The lowest BCUT2D eigenvalue weighted by molar-refractivity contribution is -0.137. The Morgan fingerprint density at radius 3 is 2.90 bits per heavy atom. The van der Waals surface area contributed by atoms with Crippen LogP contribution in [0.5, 0.6) is 0 Å². The van der Waals surface area contributed by atoms with Gasteiger partial charge in [-0.15, -0.1) is 11.3 Å². The van der Waals surface area contributed by atoms with Crippen molar-refractivity contribution in [3.05, 3.63) is 29.5 Å². The molecule has 6 nitrogen and oxygen atoms in total. The van der Waals surface area contributed by atoms with Crippen molar-refractivity contribution >= 4 is 23.2 Å². The van der Waals surface area contributed by atoms with Crippen molar-refractivity contribution in [2.75, 3.05) is 6.54 Å². The minimum Gasteiger partial charge on any atom is -0.480 e. The molecule has 20 heavy (non-hydrogen) atoms. The molecule has 1 saturated carbocycles. The second-order valence-corrected chi connectivity index (χ2v) is 5.60. The van der Waals surface area contributed by atoms with Gasteiger partial charge in [-0.2, -0.15) is 0 Å². The van der Waals surface area contributed by atoms with Crippen molar-refractivity contribution < 1.29 is 19.1 Å². The first-order valence-electron chi connectivity index (χ1n) is 6.17. The highest BCUT2D eigenvalue weighted by molar-refractivity contribution is 7.16. The third-order valence-electron chi connectivity index (χ3n) is 3.00. The normalized spacial score (nSPS) is 14.2. The van der Waals surface area contributed by atoms with E-state index in [2.05, 4.69) is 4.98 Å². The summed E-state index contributed by atoms with van der Waals surface area (Å²) in [5.74, 6) is -0.670. The van der Waals surface area contributed by atoms with Crippen LogP contribution in [0.3, 0.4) is 0 Å². The van der Waals surface area contributed by atoms with Crippen LogP contribution >= 0.6 is 11.3 Å². The van der Waals surface area contributed by atoms with Gasteiger partial charge < -0.3 is 14.4 Å². The maximum absolute atomic E-state index is 12.3. The Balaban J connectivity index is 1.80. The van der Waals surface area contributed by atoms with Crippen molar-refractivity contribution in [1.29, 1.82) is 0 Å². The van der Waals surface area contributed by atoms with Gasteiger partial charge in [-0.3, -0.25) is 9.59 Å². The van der Waals surface area contributed by atoms with Crippen molar-refractivity contribution in [2.45, 2.75) is 18.9 Å². The molecule has 1 amide bonds. The van der Waals surface area contributed by atoms with E-state index in [0.29, 0.717) is 15.6 Å². The Morgan fingerprint density at radius 2 is 2.30 bits per heavy atom. The van der Waals surface area contributed by atoms with Crippen LogP contribution in [0.15, 0.2) is 29.0 Å². The smallest absolute Gasteiger partial charge is 0.323 e. The average molecular weight is 292 g/mol. The third kappa shape index (κ3) is 2.57. The molecule has 1 aliphatic rings. The van der Waals surface area contributed by atoms with E-state index < -0.39 is 5.97 Å². The lowest BCUT2D eigenvalue weighted by atomic mass is 10.4. The van der Waals surface area contributed by atoms with E-state index in [1.807, 2.05) is 0 Å². The lowest BCUT2D eigenvalue weighted by Gasteiger charge is -2.18. The molecule has 0 atom stereocenters. The number of aliphatic carboxylic acids is 1. The molecule has 0 aromatic carbocycles. The van der Waals surface area contributed by atoms with Crippen LogP contribution in [0.2, 0.25) is 0 Å². The summed E-state index contributed by atoms with van der Waals surface area (Å²) >= 11 is 1.21. The summed E-state index contributed by atoms with van der Waals surface area (Å²) in [5.41, 5.74) is 0. The molecular formula is C13H12N2O4S. The predicted octanol–water partition coefficient (Wildman–Crippen LogP) is 2.09. The fourth-order valence-corrected chi connectivity index (χ4v) is 2.77. The van der Waals surface area contributed by atoms with Crippen molar-refractivity contribution in [2.24, 2.45) is 0 Å². The summed E-state index contributed by atoms with van der Waals surface area (Å²) in [6.07, 6.45) is 4.74. The summed E-state index contributed by atoms with van der Waals surface area (Å²) < 4.78 is 5.23. The molecule has 0 spiro atoms. The van der Waals surface area contributed by atoms with Gasteiger partial charge in [0.15, 0.2) is 10.8 Å². The average Bonchev–Trinajstić information content (AvgIpc) is 2.94. The Bertz CT molecular complexity index is 631. The number of carbonyl (C=O) groups excluding carboxylic acids is 1. The van der Waals surface area contributed by atoms with Gasteiger partial charge in [0.05, 0.1) is 12.5 Å². The highest BCUT2D eigenvalue weighted by Gasteiger charge is 2.35. The third-order valence-corrected chi connectivity index (χ3v) is 4.00. The fourth-order valence-electron chi connectivity index (χ4n) is 1.93.